The molecule has 0 saturated heterocycles. The molecular formula is C27H22I2N5Na6O25S8-. The third-order valence-electron chi connectivity index (χ3n) is 7.67. The molecule has 0 saturated carbocycles. The molecular weight excluding hydrogens is 1440 g/mol. The minimum atomic E-state index is -5.59. The number of phenolic OH excluding ortho intramolecular Hbond substituents is 1. The smallest absolute Gasteiger partial charge is 1.00 e. The predicted molar refractivity (Wildman–Crippen MR) is 219 cm³/mol. The number of fused-ring (bicyclic) bond motifs is 1. The largest absolute Gasteiger partial charge is 1.00 e. The van der Waals surface area contributed by atoms with E-state index in [2.05, 4.69) is 75.6 Å². The number of sulfone groups is 2. The zero-order valence-corrected chi connectivity index (χ0v) is 60.9. The van der Waals surface area contributed by atoms with E-state index < -0.39 is 149 Å². The second-order valence-electron chi connectivity index (χ2n) is 11.7. The van der Waals surface area contributed by atoms with Gasteiger partial charge in [0.2, 0.25) is 10.4 Å². The Hall–Kier alpha value is 3.64. The monoisotopic (exact) mass is 1470 g/mol. The van der Waals surface area contributed by atoms with Gasteiger partial charge in [-0.1, -0.05) is 0 Å². The van der Waals surface area contributed by atoms with Gasteiger partial charge in [0.05, 0.1) is 89.3 Å². The molecule has 4 rings (SSSR count). The zero-order chi connectivity index (χ0) is 51.3. The minimum absolute atomic E-state index is 0. The van der Waals surface area contributed by atoms with Crippen LogP contribution in [0.25, 0.3) is 10.8 Å². The number of anilines is 1. The molecule has 73 heavy (non-hydrogen) atoms. The van der Waals surface area contributed by atoms with Gasteiger partial charge < -0.3 is 40.3 Å². The van der Waals surface area contributed by atoms with E-state index in [1.807, 2.05) is 0 Å². The van der Waals surface area contributed by atoms with Crippen molar-refractivity contribution < 1.29 is 309 Å². The number of halogens is 2. The van der Waals surface area contributed by atoms with Crippen LogP contribution in [0.4, 0.5) is 28.4 Å². The molecule has 0 unspecified atom stereocenters. The molecule has 4 aromatic rings. The van der Waals surface area contributed by atoms with Gasteiger partial charge in [-0.3, -0.25) is 23.5 Å². The number of aryl methyl sites for hydroxylation is 1. The molecule has 0 aliphatic carbocycles. The van der Waals surface area contributed by atoms with Crippen molar-refractivity contribution in [1.82, 2.24) is 0 Å². The number of hydrogen-bond acceptors (Lipinski definition) is 33. The van der Waals surface area contributed by atoms with Crippen LogP contribution in [0.1, 0.15) is 5.56 Å². The van der Waals surface area contributed by atoms with Gasteiger partial charge in [-0.05, 0) is 60.3 Å². The summed E-state index contributed by atoms with van der Waals surface area (Å²) in [6, 6.07) is 5.26. The molecule has 0 radical (unpaired) electrons. The van der Waals surface area contributed by atoms with Crippen molar-refractivity contribution in [3.63, 3.8) is 0 Å². The second kappa shape index (κ2) is 38.5. The molecule has 0 bridgehead atoms. The maximum Gasteiger partial charge on any atom is 1.00 e. The quantitative estimate of drug-likeness (QED) is 0.00628. The number of phenols is 1. The van der Waals surface area contributed by atoms with Gasteiger partial charge in [0.25, 0.3) is 0 Å². The molecule has 46 heteroatoms. The number of benzene rings is 4. The number of rotatable bonds is 24. The normalized spacial score (nSPS) is 12.0. The molecule has 0 fully saturated rings. The summed E-state index contributed by atoms with van der Waals surface area (Å²) in [6.07, 6.45) is 0. The van der Waals surface area contributed by atoms with E-state index in [4.69, 9.17) is 6.33 Å². The van der Waals surface area contributed by atoms with Gasteiger partial charge >= 0.3 is 215 Å². The fraction of sp³-hybridized carbons (Fsp3) is 0.185. The fourth-order valence-corrected chi connectivity index (χ4v) is 10.6. The van der Waals surface area contributed by atoms with Gasteiger partial charge in [-0.15, -0.1) is 24.8 Å². The van der Waals surface area contributed by atoms with Crippen molar-refractivity contribution in [2.45, 2.75) is 36.3 Å². The number of nitrogen functional groups attached to an aromatic ring is 1. The third kappa shape index (κ3) is 25.6. The summed E-state index contributed by atoms with van der Waals surface area (Å²) < 4.78 is 185. The zero-order valence-electron chi connectivity index (χ0n) is 39.0. The van der Waals surface area contributed by atoms with Crippen molar-refractivity contribution in [2.75, 3.05) is 30.5 Å². The van der Waals surface area contributed by atoms with E-state index in [9.17, 15) is 76.6 Å². The van der Waals surface area contributed by atoms with Crippen LogP contribution in [-0.2, 0) is 86.8 Å². The average Bonchev–Trinajstić information content (AvgIpc) is 3.23. The second-order valence-corrected chi connectivity index (χ2v) is 21.6. The van der Waals surface area contributed by atoms with Crippen LogP contribution in [0.15, 0.2) is 92.3 Å². The van der Waals surface area contributed by atoms with E-state index in [1.165, 1.54) is 0 Å². The molecule has 0 spiro atoms. The van der Waals surface area contributed by atoms with Crippen molar-refractivity contribution in [1.29, 1.82) is 0.594 Å². The van der Waals surface area contributed by atoms with E-state index in [1.54, 1.807) is 0 Å². The molecule has 0 aliphatic heterocycles. The van der Waals surface area contributed by atoms with Crippen LogP contribution < -0.4 is 217 Å². The molecule has 3 N–H and O–H groups in total. The standard InChI is InChI=1S/C27H27N5O25S8.HI2.6Na/c1-13-8-17(21(63(41,42)43)12-20(13)62(39,40)6-4-50-60-57-54-36)30-31-25-19(59-56-53-35)9-14-10-22(64(44,45)46)26(24(28)23(14)27(25)33)32-29-16-3-2-15(11-18(16)58-55-52-34)61(37,38)7-5-51-65(47,48)49;1-2;;;;;;/h2-3,8-12,33-36H,4-7,28H2,1H3,(H,41,42,43)(H,44,45,46)(H,47,48,49);1H;;;;;;/q;-1;6*+1/p-6/i;1T;;;;;;. The summed E-state index contributed by atoms with van der Waals surface area (Å²) in [5.41, 5.74) is 2.09. The van der Waals surface area contributed by atoms with Crippen molar-refractivity contribution >= 4 is 145 Å². The van der Waals surface area contributed by atoms with Crippen LogP contribution in [0.2, 0.25) is 0 Å². The van der Waals surface area contributed by atoms with E-state index in [0.29, 0.717) is 12.1 Å². The van der Waals surface area contributed by atoms with E-state index in [0.717, 1.165) is 37.3 Å². The van der Waals surface area contributed by atoms with Crippen LogP contribution in [0, 0.1) is 6.92 Å². The molecule has 0 atom stereocenters. The summed E-state index contributed by atoms with van der Waals surface area (Å²) in [7, 11) is -25.3. The van der Waals surface area contributed by atoms with Crippen LogP contribution >= 0.6 is 55.0 Å². The van der Waals surface area contributed by atoms with E-state index in [-0.39, 0.29) is 238 Å². The average molecular weight is 1470 g/mol. The van der Waals surface area contributed by atoms with Crippen molar-refractivity contribution in [3.8, 4) is 5.75 Å². The Morgan fingerprint density at radius 1 is 0.671 bits per heavy atom. The maximum atomic E-state index is 13.0. The van der Waals surface area contributed by atoms with Gasteiger partial charge in [-0.2, -0.15) is 8.67 Å². The van der Waals surface area contributed by atoms with Crippen molar-refractivity contribution in [3.05, 3.63) is 48.0 Å². The van der Waals surface area contributed by atoms with Crippen molar-refractivity contribution in [2.24, 2.45) is 20.5 Å². The Morgan fingerprint density at radius 2 is 1.19 bits per heavy atom. The Kier molecular flexibility index (Phi) is 42.6. The number of hydrogen-bond donors (Lipinski definition) is 2. The first kappa shape index (κ1) is 80.9. The number of aromatic hydroxyl groups is 1. The maximum absolute atomic E-state index is 13.0. The summed E-state index contributed by atoms with van der Waals surface area (Å²) in [4.78, 5) is -4.69. The molecule has 0 aliphatic rings. The fourth-order valence-electron chi connectivity index (χ4n) is 5.06. The van der Waals surface area contributed by atoms with Crippen LogP contribution in [-0.4, -0.2) is 86.2 Å². The van der Waals surface area contributed by atoms with Crippen LogP contribution in [0.3, 0.4) is 0 Å². The number of azo groups is 2. The topological polar surface area (TPSA) is 479 Å². The molecule has 374 valence electrons. The molecule has 0 heterocycles. The first-order valence-electron chi connectivity index (χ1n) is 16.5. The van der Waals surface area contributed by atoms with Crippen LogP contribution in [0.5, 0.6) is 5.75 Å². The molecule has 30 nitrogen and oxygen atoms in total. The Labute approximate surface area is 584 Å². The number of nitrogens with two attached hydrogens (primary N) is 1. The first-order valence-corrected chi connectivity index (χ1v) is 32.0. The Balaban J connectivity index is -0.00000265. The number of nitrogens with zero attached hydrogens (tertiary/aromatic N) is 4. The molecule has 0 amide bonds. The summed E-state index contributed by atoms with van der Waals surface area (Å²) in [5, 5.41) is 66.2. The SMILES string of the molecule is Cc1cc(N=Nc2c(SOO[O-])cc3cc(S(=O)(=O)[O-])c(N=Nc4ccc(S(=O)(=O)CCOS(=O)(=O)[O-])cc4SOO[O-])c(N)c3c2O)c(S(=O)(=O)[O-])cc1S(=O)(=O)CCOSOO[O-].[3H][I-]I.[Na+].[Na+].[Na+].[Na+].[Na+].[Na+]. The molecule has 0 aromatic heterocycles. The summed E-state index contributed by atoms with van der Waals surface area (Å²) in [6.45, 7) is -0.562. The van der Waals surface area contributed by atoms with Gasteiger partial charge in [0.15, 0.2) is 37.7 Å². The first-order chi connectivity index (χ1) is 31.7. The van der Waals surface area contributed by atoms with Gasteiger partial charge in [-0.25, -0.2) is 42.1 Å². The summed E-state index contributed by atoms with van der Waals surface area (Å²) in [5.74, 6) is -2.99. The third-order valence-corrected chi connectivity index (χ3v) is 15.0. The predicted octanol–water partition coefficient (Wildman–Crippen LogP) is -20.0. The molecule has 4 aromatic carbocycles. The van der Waals surface area contributed by atoms with Gasteiger partial charge in [0.1, 0.15) is 43.0 Å². The minimum Gasteiger partial charge on any atom is 1.00 e. The Bertz CT molecular complexity index is 3130. The van der Waals surface area contributed by atoms with Gasteiger partial charge in [0, 0.05) is 0 Å². The van der Waals surface area contributed by atoms with E-state index >= 15 is 0 Å². The Morgan fingerprint density at radius 3 is 1.73 bits per heavy atom. The summed E-state index contributed by atoms with van der Waals surface area (Å²) >= 11 is 1.87.